The summed E-state index contributed by atoms with van der Waals surface area (Å²) < 4.78 is 75.4. The molecule has 0 atom stereocenters. The fourth-order valence-corrected chi connectivity index (χ4v) is 6.83. The van der Waals surface area contributed by atoms with Crippen LogP contribution in [0.3, 0.4) is 0 Å². The Morgan fingerprint density at radius 3 is 1.36 bits per heavy atom. The summed E-state index contributed by atoms with van der Waals surface area (Å²) in [6.07, 6.45) is 18.8. The van der Waals surface area contributed by atoms with E-state index in [1.54, 1.807) is 12.1 Å². The van der Waals surface area contributed by atoms with Gasteiger partial charge >= 0.3 is 37.7 Å². The Hall–Kier alpha value is -2.84. The minimum Gasteiger partial charge on any atom is -0.872 e. The van der Waals surface area contributed by atoms with Gasteiger partial charge in [0.2, 0.25) is 0 Å². The van der Waals surface area contributed by atoms with E-state index in [1.165, 1.54) is 131 Å². The molecule has 2 N–H and O–H groups in total. The van der Waals surface area contributed by atoms with E-state index in [0.717, 1.165) is 43.2 Å². The fraction of sp³-hybridized carbons (Fsp3) is 0.429. The van der Waals surface area contributed by atoms with Crippen LogP contribution in [-0.4, -0.2) is 68.8 Å². The zero-order valence-electron chi connectivity index (χ0n) is 32.1. The Balaban J connectivity index is 0.000000373. The minimum absolute atomic E-state index is 0. The third-order valence-corrected chi connectivity index (χ3v) is 10.5. The zero-order chi connectivity index (χ0) is 39.4. The van der Waals surface area contributed by atoms with E-state index in [0.29, 0.717) is 23.0 Å². The maximum Gasteiger partial charge on any atom is 2.00 e. The van der Waals surface area contributed by atoms with Gasteiger partial charge in [-0.15, -0.1) is 5.75 Å². The molecule has 4 aromatic carbocycles. The van der Waals surface area contributed by atoms with Gasteiger partial charge in [-0.25, -0.2) is 8.42 Å². The number of phenolic OH excluding ortho intramolecular Hbond substituents is 1. The van der Waals surface area contributed by atoms with Crippen LogP contribution in [-0.2, 0) is 33.1 Å². The van der Waals surface area contributed by atoms with Gasteiger partial charge in [-0.1, -0.05) is 97.0 Å². The first kappa shape index (κ1) is 48.3. The molecule has 0 radical (unpaired) electrons. The summed E-state index contributed by atoms with van der Waals surface area (Å²) in [6, 6.07) is 20.6. The summed E-state index contributed by atoms with van der Waals surface area (Å²) in [4.78, 5) is -0.502. The van der Waals surface area contributed by atoms with E-state index < -0.39 is 20.2 Å². The largest absolute Gasteiger partial charge is 2.00 e. The van der Waals surface area contributed by atoms with Crippen molar-refractivity contribution >= 4 is 58.0 Å². The van der Waals surface area contributed by atoms with Crippen molar-refractivity contribution in [2.75, 3.05) is 0 Å². The average molecular weight is 823 g/mol. The molecule has 0 spiro atoms. The van der Waals surface area contributed by atoms with Gasteiger partial charge in [0.15, 0.2) is 0 Å². The predicted molar refractivity (Wildman–Crippen MR) is 214 cm³/mol. The summed E-state index contributed by atoms with van der Waals surface area (Å²) in [5.74, 6) is 1.72. The van der Waals surface area contributed by atoms with Gasteiger partial charge in [-0.05, 0) is 110 Å². The standard InChI is InChI=1S/2C21H28O5S.Ca/c2*1-2-3-4-5-6-7-8-9-17-14-18(22)16-20(15-17)26-19-10-12-21(13-11-19)27(23,24)25;/h2*10-16,22H,2-9H2,1H3,(H,23,24,25);/q;;+2/p-2. The Morgan fingerprint density at radius 2 is 0.927 bits per heavy atom. The van der Waals surface area contributed by atoms with E-state index in [2.05, 4.69) is 13.8 Å². The summed E-state index contributed by atoms with van der Waals surface area (Å²) in [7, 11) is -8.70. The van der Waals surface area contributed by atoms with Crippen LogP contribution in [0.2, 0.25) is 0 Å². The third kappa shape index (κ3) is 19.7. The normalized spacial score (nSPS) is 11.3. The SMILES string of the molecule is CCCCCCCCCc1cc(O)cc(Oc2ccc(S(=O)(=O)O)cc2)c1.CCCCCCCCCc1cc([O-])cc(Oc2ccc(S(=O)(=O)[O-])cc2)c1.[Ca+2]. The predicted octanol–water partition coefficient (Wildman–Crippen LogP) is 10.1. The first-order valence-corrected chi connectivity index (χ1v) is 21.7. The van der Waals surface area contributed by atoms with Gasteiger partial charge in [-0.3, -0.25) is 4.55 Å². The van der Waals surface area contributed by atoms with E-state index in [-0.39, 0.29) is 59.0 Å². The molecule has 0 unspecified atom stereocenters. The van der Waals surface area contributed by atoms with Crippen LogP contribution >= 0.6 is 0 Å². The number of benzene rings is 4. The van der Waals surface area contributed by atoms with Crippen molar-refractivity contribution in [1.82, 2.24) is 0 Å². The average Bonchev–Trinajstić information content (AvgIpc) is 3.10. The van der Waals surface area contributed by atoms with Crippen molar-refractivity contribution in [3.05, 3.63) is 96.1 Å². The number of phenols is 1. The Labute approximate surface area is 357 Å². The van der Waals surface area contributed by atoms with Gasteiger partial charge in [0.25, 0.3) is 10.1 Å². The molecule has 0 amide bonds. The summed E-state index contributed by atoms with van der Waals surface area (Å²) in [5, 5.41) is 21.8. The smallest absolute Gasteiger partial charge is 0.872 e. The van der Waals surface area contributed by atoms with Crippen molar-refractivity contribution < 1.29 is 45.6 Å². The van der Waals surface area contributed by atoms with Crippen LogP contribution in [0.1, 0.15) is 115 Å². The van der Waals surface area contributed by atoms with Crippen LogP contribution in [0.25, 0.3) is 0 Å². The third-order valence-electron chi connectivity index (χ3n) is 8.73. The molecule has 0 saturated heterocycles. The monoisotopic (exact) mass is 822 g/mol. The molecule has 4 aromatic rings. The molecule has 0 aromatic heterocycles. The molecular weight excluding hydrogens is 769 g/mol. The zero-order valence-corrected chi connectivity index (χ0v) is 35.9. The van der Waals surface area contributed by atoms with Gasteiger partial charge in [0, 0.05) is 6.07 Å². The number of aryl methyl sites for hydroxylation is 2. The molecular formula is C42H54CaO10S2. The quantitative estimate of drug-likeness (QED) is 0.0441. The van der Waals surface area contributed by atoms with Crippen molar-refractivity contribution in [2.45, 2.75) is 126 Å². The molecule has 55 heavy (non-hydrogen) atoms. The maximum absolute atomic E-state index is 11.9. The van der Waals surface area contributed by atoms with Crippen molar-refractivity contribution in [3.63, 3.8) is 0 Å². The molecule has 296 valence electrons. The molecule has 0 saturated carbocycles. The minimum atomic E-state index is -4.48. The van der Waals surface area contributed by atoms with E-state index >= 15 is 0 Å². The second-order valence-electron chi connectivity index (χ2n) is 13.5. The number of rotatable bonds is 22. The Morgan fingerprint density at radius 1 is 0.527 bits per heavy atom. The van der Waals surface area contributed by atoms with Gasteiger partial charge in [0.05, 0.1) is 9.79 Å². The first-order chi connectivity index (χ1) is 25.8. The summed E-state index contributed by atoms with van der Waals surface area (Å²) >= 11 is 0. The Bertz CT molecular complexity index is 1770. The van der Waals surface area contributed by atoms with Crippen molar-refractivity contribution in [1.29, 1.82) is 0 Å². The second-order valence-corrected chi connectivity index (χ2v) is 16.3. The topological polar surface area (TPSA) is 173 Å². The number of unbranched alkanes of at least 4 members (excludes halogenated alkanes) is 12. The molecule has 13 heteroatoms. The Kier molecular flexibility index (Phi) is 22.3. The molecule has 0 bridgehead atoms. The van der Waals surface area contributed by atoms with E-state index in [9.17, 15) is 31.6 Å². The molecule has 4 rings (SSSR count). The molecule has 0 aliphatic rings. The summed E-state index contributed by atoms with van der Waals surface area (Å²) in [6.45, 7) is 4.42. The number of ether oxygens (including phenoxy) is 2. The number of hydrogen-bond donors (Lipinski definition) is 2. The fourth-order valence-electron chi connectivity index (χ4n) is 5.88. The van der Waals surface area contributed by atoms with E-state index in [1.807, 2.05) is 12.1 Å². The van der Waals surface area contributed by atoms with Crippen LogP contribution < -0.4 is 14.6 Å². The van der Waals surface area contributed by atoms with Crippen LogP contribution in [0.15, 0.2) is 94.7 Å². The summed E-state index contributed by atoms with van der Waals surface area (Å²) in [5.41, 5.74) is 1.94. The second kappa shape index (κ2) is 25.4. The number of aromatic hydroxyl groups is 1. The van der Waals surface area contributed by atoms with Gasteiger partial charge < -0.3 is 24.2 Å². The van der Waals surface area contributed by atoms with Gasteiger partial charge in [-0.2, -0.15) is 8.42 Å². The molecule has 0 heterocycles. The van der Waals surface area contributed by atoms with Crippen LogP contribution in [0, 0.1) is 0 Å². The van der Waals surface area contributed by atoms with Gasteiger partial charge in [0.1, 0.15) is 38.9 Å². The van der Waals surface area contributed by atoms with Crippen LogP contribution in [0.4, 0.5) is 0 Å². The van der Waals surface area contributed by atoms with Crippen molar-refractivity contribution in [2.24, 2.45) is 0 Å². The number of hydrogen-bond acceptors (Lipinski definition) is 9. The first-order valence-electron chi connectivity index (χ1n) is 18.9. The molecule has 10 nitrogen and oxygen atoms in total. The van der Waals surface area contributed by atoms with E-state index in [4.69, 9.17) is 14.0 Å². The van der Waals surface area contributed by atoms with Crippen LogP contribution in [0.5, 0.6) is 34.5 Å². The molecule has 0 fully saturated rings. The maximum atomic E-state index is 11.9. The molecule has 0 aliphatic carbocycles. The van der Waals surface area contributed by atoms with Crippen molar-refractivity contribution in [3.8, 4) is 34.5 Å². The molecule has 0 aliphatic heterocycles.